The Hall–Kier alpha value is -2.66. The first-order valence-electron chi connectivity index (χ1n) is 6.36. The van der Waals surface area contributed by atoms with Crippen molar-refractivity contribution in [3.63, 3.8) is 0 Å². The third-order valence-electron chi connectivity index (χ3n) is 2.81. The van der Waals surface area contributed by atoms with E-state index in [9.17, 15) is 14.9 Å². The van der Waals surface area contributed by atoms with Crippen molar-refractivity contribution in [3.05, 3.63) is 74.8 Å². The molecule has 0 atom stereocenters. The third kappa shape index (κ3) is 4.17. The lowest BCUT2D eigenvalue weighted by molar-refractivity contribution is -0.384. The smallest absolute Gasteiger partial charge is 0.339 e. The molecule has 5 nitrogen and oxygen atoms in total. The van der Waals surface area contributed by atoms with E-state index in [1.165, 1.54) is 18.2 Å². The summed E-state index contributed by atoms with van der Waals surface area (Å²) in [5, 5.41) is 11.3. The van der Waals surface area contributed by atoms with Crippen LogP contribution >= 0.6 is 11.6 Å². The zero-order valence-corrected chi connectivity index (χ0v) is 12.4. The Balaban J connectivity index is 2.14. The molecule has 0 radical (unpaired) electrons. The van der Waals surface area contributed by atoms with Gasteiger partial charge in [-0.2, -0.15) is 0 Å². The Bertz CT molecular complexity index is 738. The molecule has 0 unspecified atom stereocenters. The van der Waals surface area contributed by atoms with Crippen molar-refractivity contribution in [2.75, 3.05) is 0 Å². The van der Waals surface area contributed by atoms with Crippen molar-refractivity contribution in [2.24, 2.45) is 0 Å². The van der Waals surface area contributed by atoms with Crippen molar-refractivity contribution < 1.29 is 14.5 Å². The minimum Gasteiger partial charge on any atom is -0.423 e. The minimum atomic E-state index is -0.533. The summed E-state index contributed by atoms with van der Waals surface area (Å²) in [6, 6.07) is 12.4. The van der Waals surface area contributed by atoms with Crippen LogP contribution in [0, 0.1) is 10.1 Å². The van der Waals surface area contributed by atoms with E-state index in [1.807, 2.05) is 0 Å². The summed E-state index contributed by atoms with van der Waals surface area (Å²) in [6.07, 6.45) is 1.53. The fourth-order valence-electron chi connectivity index (χ4n) is 1.73. The van der Waals surface area contributed by atoms with Crippen LogP contribution in [0.5, 0.6) is 5.75 Å². The van der Waals surface area contributed by atoms with E-state index in [0.717, 1.165) is 0 Å². The maximum Gasteiger partial charge on any atom is 0.339 e. The highest BCUT2D eigenvalue weighted by molar-refractivity contribution is 6.30. The topological polar surface area (TPSA) is 69.4 Å². The molecule has 0 N–H and O–H groups in total. The molecule has 112 valence electrons. The summed E-state index contributed by atoms with van der Waals surface area (Å²) in [5.41, 5.74) is 0.850. The second kappa shape index (κ2) is 6.87. The van der Waals surface area contributed by atoms with Gasteiger partial charge >= 0.3 is 5.97 Å². The van der Waals surface area contributed by atoms with E-state index < -0.39 is 10.9 Å². The quantitative estimate of drug-likeness (QED) is 0.278. The maximum atomic E-state index is 12.0. The van der Waals surface area contributed by atoms with Crippen LogP contribution in [0.1, 0.15) is 12.5 Å². The number of hydrogen-bond donors (Lipinski definition) is 0. The second-order valence-corrected chi connectivity index (χ2v) is 4.96. The van der Waals surface area contributed by atoms with Crippen LogP contribution in [0.25, 0.3) is 6.08 Å². The molecule has 0 aliphatic rings. The van der Waals surface area contributed by atoms with Gasteiger partial charge in [-0.05, 0) is 42.8 Å². The second-order valence-electron chi connectivity index (χ2n) is 4.52. The monoisotopic (exact) mass is 317 g/mol. The van der Waals surface area contributed by atoms with Gasteiger partial charge in [0.2, 0.25) is 0 Å². The Morgan fingerprint density at radius 2 is 1.91 bits per heavy atom. The maximum absolute atomic E-state index is 12.0. The SMILES string of the molecule is CC(=Cc1cccc([N+](=O)[O-])c1)C(=O)Oc1ccc(Cl)cc1. The molecule has 0 aromatic heterocycles. The Morgan fingerprint density at radius 3 is 2.55 bits per heavy atom. The van der Waals surface area contributed by atoms with Crippen molar-refractivity contribution in [3.8, 4) is 5.75 Å². The van der Waals surface area contributed by atoms with Crippen LogP contribution in [0.2, 0.25) is 5.02 Å². The molecule has 0 heterocycles. The zero-order chi connectivity index (χ0) is 16.1. The first-order valence-corrected chi connectivity index (χ1v) is 6.74. The van der Waals surface area contributed by atoms with Gasteiger partial charge in [-0.15, -0.1) is 0 Å². The molecule has 0 saturated carbocycles. The van der Waals surface area contributed by atoms with Crippen LogP contribution < -0.4 is 4.74 Å². The Morgan fingerprint density at radius 1 is 1.23 bits per heavy atom. The number of ether oxygens (including phenoxy) is 1. The van der Waals surface area contributed by atoms with Gasteiger partial charge in [0.1, 0.15) is 5.75 Å². The van der Waals surface area contributed by atoms with Crippen LogP contribution in [-0.4, -0.2) is 10.9 Å². The molecule has 22 heavy (non-hydrogen) atoms. The largest absolute Gasteiger partial charge is 0.423 e. The van der Waals surface area contributed by atoms with Gasteiger partial charge in [0, 0.05) is 22.7 Å². The molecule has 0 bridgehead atoms. The van der Waals surface area contributed by atoms with Crippen LogP contribution in [0.3, 0.4) is 0 Å². The van der Waals surface area contributed by atoms with E-state index in [1.54, 1.807) is 43.3 Å². The summed E-state index contributed by atoms with van der Waals surface area (Å²) >= 11 is 5.75. The molecule has 0 spiro atoms. The van der Waals surface area contributed by atoms with E-state index in [-0.39, 0.29) is 5.69 Å². The fourth-order valence-corrected chi connectivity index (χ4v) is 1.85. The van der Waals surface area contributed by atoms with Crippen LogP contribution in [0.15, 0.2) is 54.1 Å². The summed E-state index contributed by atoms with van der Waals surface area (Å²) in [4.78, 5) is 22.2. The van der Waals surface area contributed by atoms with Gasteiger partial charge < -0.3 is 4.74 Å². The highest BCUT2D eigenvalue weighted by Gasteiger charge is 2.09. The Kier molecular flexibility index (Phi) is 4.91. The van der Waals surface area contributed by atoms with Gasteiger partial charge in [-0.1, -0.05) is 23.7 Å². The number of nitrogens with zero attached hydrogens (tertiary/aromatic N) is 1. The zero-order valence-electron chi connectivity index (χ0n) is 11.7. The first-order chi connectivity index (χ1) is 10.5. The molecular formula is C16H12ClNO4. The Labute approximate surface area is 131 Å². The predicted octanol–water partition coefficient (Wildman–Crippen LogP) is 4.26. The normalized spacial score (nSPS) is 11.1. The number of carbonyl (C=O) groups is 1. The van der Waals surface area contributed by atoms with E-state index >= 15 is 0 Å². The van der Waals surface area contributed by atoms with Crippen LogP contribution in [0.4, 0.5) is 5.69 Å². The molecule has 0 aliphatic carbocycles. The molecule has 2 aromatic rings. The summed E-state index contributed by atoms with van der Waals surface area (Å²) in [7, 11) is 0. The lowest BCUT2D eigenvalue weighted by atomic mass is 10.1. The number of nitro groups is 1. The molecule has 0 fully saturated rings. The van der Waals surface area contributed by atoms with E-state index in [4.69, 9.17) is 16.3 Å². The van der Waals surface area contributed by atoms with Gasteiger partial charge in [-0.25, -0.2) is 4.79 Å². The van der Waals surface area contributed by atoms with E-state index in [0.29, 0.717) is 21.9 Å². The van der Waals surface area contributed by atoms with E-state index in [2.05, 4.69) is 0 Å². The lowest BCUT2D eigenvalue weighted by Crippen LogP contribution is -2.08. The molecule has 0 amide bonds. The molecule has 2 aromatic carbocycles. The van der Waals surface area contributed by atoms with Crippen molar-refractivity contribution >= 4 is 29.3 Å². The van der Waals surface area contributed by atoms with Crippen molar-refractivity contribution in [1.82, 2.24) is 0 Å². The summed E-state index contributed by atoms with van der Waals surface area (Å²) < 4.78 is 5.18. The lowest BCUT2D eigenvalue weighted by Gasteiger charge is -2.04. The number of carbonyl (C=O) groups excluding carboxylic acids is 1. The number of non-ortho nitro benzene ring substituents is 1. The predicted molar refractivity (Wildman–Crippen MR) is 83.8 cm³/mol. The molecular weight excluding hydrogens is 306 g/mol. The number of rotatable bonds is 4. The van der Waals surface area contributed by atoms with Gasteiger partial charge in [0.05, 0.1) is 4.92 Å². The average molecular weight is 318 g/mol. The van der Waals surface area contributed by atoms with Gasteiger partial charge in [0.25, 0.3) is 5.69 Å². The number of esters is 1. The number of benzene rings is 2. The number of halogens is 1. The number of hydrogen-bond acceptors (Lipinski definition) is 4. The summed E-state index contributed by atoms with van der Waals surface area (Å²) in [5.74, 6) is -0.157. The average Bonchev–Trinajstić information content (AvgIpc) is 2.49. The molecule has 2 rings (SSSR count). The number of nitro benzene ring substituents is 1. The van der Waals surface area contributed by atoms with Crippen molar-refractivity contribution in [2.45, 2.75) is 6.92 Å². The first kappa shape index (κ1) is 15.7. The standard InChI is InChI=1S/C16H12ClNO4/c1-11(9-12-3-2-4-14(10-12)18(20)21)16(19)22-15-7-5-13(17)6-8-15/h2-10H,1H3. The molecule has 6 heteroatoms. The summed E-state index contributed by atoms with van der Waals surface area (Å²) in [6.45, 7) is 1.58. The van der Waals surface area contributed by atoms with Crippen LogP contribution in [-0.2, 0) is 4.79 Å². The fraction of sp³-hybridized carbons (Fsp3) is 0.0625. The minimum absolute atomic E-state index is 0.0346. The highest BCUT2D eigenvalue weighted by Crippen LogP contribution is 2.19. The van der Waals surface area contributed by atoms with Crippen molar-refractivity contribution in [1.29, 1.82) is 0 Å². The van der Waals surface area contributed by atoms with Gasteiger partial charge in [0.15, 0.2) is 0 Å². The van der Waals surface area contributed by atoms with Gasteiger partial charge in [-0.3, -0.25) is 10.1 Å². The molecule has 0 saturated heterocycles. The highest BCUT2D eigenvalue weighted by atomic mass is 35.5. The third-order valence-corrected chi connectivity index (χ3v) is 3.06. The molecule has 0 aliphatic heterocycles.